The zero-order chi connectivity index (χ0) is 17.7. The van der Waals surface area contributed by atoms with Crippen LogP contribution >= 0.6 is 0 Å². The van der Waals surface area contributed by atoms with Crippen molar-refractivity contribution < 1.29 is 19.2 Å². The fourth-order valence-corrected chi connectivity index (χ4v) is 3.99. The lowest BCUT2D eigenvalue weighted by Crippen LogP contribution is -2.54. The standard InChI is InChI=1S/C18H27N3O4/c22-14(20-18(17(23)24)11-5-1-2-6-12-18)9-10-15-19-16(21-25-15)13-7-3-4-8-13/h13H,1-12H2,(H,20,22)(H,23,24). The average molecular weight is 349 g/mol. The number of amides is 1. The molecule has 0 atom stereocenters. The topological polar surface area (TPSA) is 105 Å². The third-order valence-corrected chi connectivity index (χ3v) is 5.52. The molecule has 7 nitrogen and oxygen atoms in total. The van der Waals surface area contributed by atoms with Crippen molar-refractivity contribution in [2.24, 2.45) is 0 Å². The first-order chi connectivity index (χ1) is 12.1. The van der Waals surface area contributed by atoms with E-state index in [4.69, 9.17) is 4.52 Å². The molecule has 25 heavy (non-hydrogen) atoms. The molecular weight excluding hydrogens is 322 g/mol. The van der Waals surface area contributed by atoms with Gasteiger partial charge in [-0.05, 0) is 25.7 Å². The van der Waals surface area contributed by atoms with Gasteiger partial charge in [-0.25, -0.2) is 4.79 Å². The molecular formula is C18H27N3O4. The SMILES string of the molecule is O=C(CCc1nc(C2CCCC2)no1)NC1(C(=O)O)CCCCCC1. The van der Waals surface area contributed by atoms with Gasteiger partial charge in [0.15, 0.2) is 5.82 Å². The number of nitrogens with zero attached hydrogens (tertiary/aromatic N) is 2. The molecule has 0 bridgehead atoms. The molecule has 0 aromatic carbocycles. The summed E-state index contributed by atoms with van der Waals surface area (Å²) in [6, 6.07) is 0. The van der Waals surface area contributed by atoms with Crippen molar-refractivity contribution in [3.8, 4) is 0 Å². The summed E-state index contributed by atoms with van der Waals surface area (Å²) < 4.78 is 5.25. The molecule has 0 aliphatic heterocycles. The van der Waals surface area contributed by atoms with Gasteiger partial charge in [0.1, 0.15) is 5.54 Å². The number of carboxylic acids is 1. The highest BCUT2D eigenvalue weighted by atomic mass is 16.5. The van der Waals surface area contributed by atoms with Gasteiger partial charge < -0.3 is 14.9 Å². The summed E-state index contributed by atoms with van der Waals surface area (Å²) in [6.07, 6.45) is 9.84. The summed E-state index contributed by atoms with van der Waals surface area (Å²) in [5.41, 5.74) is -1.11. The molecule has 7 heteroatoms. The Labute approximate surface area is 147 Å². The van der Waals surface area contributed by atoms with Crippen LogP contribution in [-0.2, 0) is 16.0 Å². The second kappa shape index (κ2) is 7.97. The number of aromatic nitrogens is 2. The minimum atomic E-state index is -1.11. The van der Waals surface area contributed by atoms with Crippen LogP contribution in [-0.4, -0.2) is 32.7 Å². The maximum Gasteiger partial charge on any atom is 0.329 e. The monoisotopic (exact) mass is 349 g/mol. The fourth-order valence-electron chi connectivity index (χ4n) is 3.99. The normalized spacial score (nSPS) is 21.0. The molecule has 2 aliphatic rings. The predicted octanol–water partition coefficient (Wildman–Crippen LogP) is 2.95. The molecule has 0 radical (unpaired) electrons. The number of nitrogens with one attached hydrogen (secondary N) is 1. The number of aliphatic carboxylic acids is 1. The van der Waals surface area contributed by atoms with E-state index in [0.29, 0.717) is 31.1 Å². The molecule has 138 valence electrons. The molecule has 0 saturated heterocycles. The van der Waals surface area contributed by atoms with Crippen LogP contribution in [0.5, 0.6) is 0 Å². The molecule has 2 fully saturated rings. The zero-order valence-corrected chi connectivity index (χ0v) is 14.6. The lowest BCUT2D eigenvalue weighted by atomic mass is 9.90. The predicted molar refractivity (Wildman–Crippen MR) is 90.0 cm³/mol. The Morgan fingerprint density at radius 3 is 2.44 bits per heavy atom. The van der Waals surface area contributed by atoms with Gasteiger partial charge in [0.05, 0.1) is 0 Å². The summed E-state index contributed by atoms with van der Waals surface area (Å²) >= 11 is 0. The van der Waals surface area contributed by atoms with Gasteiger partial charge in [0, 0.05) is 18.8 Å². The van der Waals surface area contributed by atoms with Gasteiger partial charge in [-0.1, -0.05) is 43.7 Å². The average Bonchev–Trinajstić information content (AvgIpc) is 3.22. The van der Waals surface area contributed by atoms with E-state index in [-0.39, 0.29) is 12.3 Å². The first-order valence-corrected chi connectivity index (χ1v) is 9.46. The number of carbonyl (C=O) groups is 2. The van der Waals surface area contributed by atoms with Crippen LogP contribution in [0.3, 0.4) is 0 Å². The molecule has 1 aromatic heterocycles. The van der Waals surface area contributed by atoms with E-state index in [0.717, 1.165) is 44.3 Å². The van der Waals surface area contributed by atoms with E-state index in [9.17, 15) is 14.7 Å². The van der Waals surface area contributed by atoms with Gasteiger partial charge in [-0.15, -0.1) is 0 Å². The quantitative estimate of drug-likeness (QED) is 0.765. The molecule has 0 unspecified atom stereocenters. The number of hydrogen-bond donors (Lipinski definition) is 2. The summed E-state index contributed by atoms with van der Waals surface area (Å²) in [6.45, 7) is 0. The van der Waals surface area contributed by atoms with Gasteiger partial charge >= 0.3 is 5.97 Å². The number of hydrogen-bond acceptors (Lipinski definition) is 5. The van der Waals surface area contributed by atoms with Crippen LogP contribution < -0.4 is 5.32 Å². The van der Waals surface area contributed by atoms with Crippen LogP contribution in [0.2, 0.25) is 0 Å². The van der Waals surface area contributed by atoms with Crippen LogP contribution in [0.4, 0.5) is 0 Å². The van der Waals surface area contributed by atoms with Crippen molar-refractivity contribution >= 4 is 11.9 Å². The van der Waals surface area contributed by atoms with Crippen molar-refractivity contribution in [2.75, 3.05) is 0 Å². The molecule has 2 N–H and O–H groups in total. The molecule has 1 amide bonds. The van der Waals surface area contributed by atoms with Gasteiger partial charge in [-0.2, -0.15) is 4.98 Å². The second-order valence-corrected chi connectivity index (χ2v) is 7.38. The van der Waals surface area contributed by atoms with E-state index in [1.54, 1.807) is 0 Å². The van der Waals surface area contributed by atoms with Gasteiger partial charge in [-0.3, -0.25) is 4.79 Å². The van der Waals surface area contributed by atoms with Crippen LogP contribution in [0, 0.1) is 0 Å². The van der Waals surface area contributed by atoms with Crippen molar-refractivity contribution in [3.63, 3.8) is 0 Å². The third-order valence-electron chi connectivity index (χ3n) is 5.52. The first-order valence-electron chi connectivity index (χ1n) is 9.46. The Morgan fingerprint density at radius 1 is 1.12 bits per heavy atom. The highest BCUT2D eigenvalue weighted by Crippen LogP contribution is 2.32. The van der Waals surface area contributed by atoms with Crippen molar-refractivity contribution in [2.45, 2.75) is 88.5 Å². The number of rotatable bonds is 6. The molecule has 0 spiro atoms. The smallest absolute Gasteiger partial charge is 0.329 e. The maximum atomic E-state index is 12.3. The molecule has 2 saturated carbocycles. The summed E-state index contributed by atoms with van der Waals surface area (Å²) in [5.74, 6) is 0.405. The minimum Gasteiger partial charge on any atom is -0.480 e. The number of carboxylic acid groups (broad SMARTS) is 1. The van der Waals surface area contributed by atoms with Crippen LogP contribution in [0.25, 0.3) is 0 Å². The van der Waals surface area contributed by atoms with Crippen LogP contribution in [0.1, 0.15) is 88.3 Å². The minimum absolute atomic E-state index is 0.168. The lowest BCUT2D eigenvalue weighted by molar-refractivity contribution is -0.148. The fraction of sp³-hybridized carbons (Fsp3) is 0.778. The van der Waals surface area contributed by atoms with E-state index >= 15 is 0 Å². The van der Waals surface area contributed by atoms with Crippen molar-refractivity contribution in [3.05, 3.63) is 11.7 Å². The first kappa shape index (κ1) is 17.9. The van der Waals surface area contributed by atoms with E-state index in [2.05, 4.69) is 15.5 Å². The number of aryl methyl sites for hydroxylation is 1. The third kappa shape index (κ3) is 4.38. The Hall–Kier alpha value is -1.92. The molecule has 1 aromatic rings. The van der Waals surface area contributed by atoms with Gasteiger partial charge in [0.2, 0.25) is 11.8 Å². The van der Waals surface area contributed by atoms with Crippen molar-refractivity contribution in [1.82, 2.24) is 15.5 Å². The Balaban J connectivity index is 1.53. The Kier molecular flexibility index (Phi) is 5.71. The van der Waals surface area contributed by atoms with Crippen LogP contribution in [0.15, 0.2) is 4.52 Å². The van der Waals surface area contributed by atoms with Gasteiger partial charge in [0.25, 0.3) is 0 Å². The summed E-state index contributed by atoms with van der Waals surface area (Å²) in [7, 11) is 0. The Morgan fingerprint density at radius 2 is 1.80 bits per heavy atom. The maximum absolute atomic E-state index is 12.3. The van der Waals surface area contributed by atoms with E-state index < -0.39 is 11.5 Å². The molecule has 3 rings (SSSR count). The highest BCUT2D eigenvalue weighted by molar-refractivity contribution is 5.87. The summed E-state index contributed by atoms with van der Waals surface area (Å²) in [5, 5.41) is 16.4. The summed E-state index contributed by atoms with van der Waals surface area (Å²) in [4.78, 5) is 28.4. The highest BCUT2D eigenvalue weighted by Gasteiger charge is 2.39. The largest absolute Gasteiger partial charge is 0.480 e. The molecule has 2 aliphatic carbocycles. The Bertz CT molecular complexity index is 599. The molecule has 1 heterocycles. The second-order valence-electron chi connectivity index (χ2n) is 7.38. The van der Waals surface area contributed by atoms with E-state index in [1.807, 2.05) is 0 Å². The number of carbonyl (C=O) groups excluding carboxylic acids is 1. The zero-order valence-electron chi connectivity index (χ0n) is 14.6. The van der Waals surface area contributed by atoms with Crippen molar-refractivity contribution in [1.29, 1.82) is 0 Å². The lowest BCUT2D eigenvalue weighted by Gasteiger charge is -2.29. The van der Waals surface area contributed by atoms with E-state index in [1.165, 1.54) is 12.8 Å².